The maximum absolute atomic E-state index is 9.85. The van der Waals surface area contributed by atoms with Crippen LogP contribution in [0.2, 0.25) is 0 Å². The second kappa shape index (κ2) is 5.58. The lowest BCUT2D eigenvalue weighted by Gasteiger charge is -2.14. The third-order valence-electron chi connectivity index (χ3n) is 1.97. The van der Waals surface area contributed by atoms with E-state index in [9.17, 15) is 5.11 Å². The first-order valence-corrected chi connectivity index (χ1v) is 4.99. The van der Waals surface area contributed by atoms with Crippen LogP contribution in [0.25, 0.3) is 0 Å². The Hall–Kier alpha value is -1.26. The fraction of sp³-hybridized carbons (Fsp3) is 0.455. The lowest BCUT2D eigenvalue weighted by atomic mass is 10.2. The zero-order valence-electron chi connectivity index (χ0n) is 9.45. The van der Waals surface area contributed by atoms with Crippen LogP contribution < -0.4 is 10.2 Å². The van der Waals surface area contributed by atoms with Crippen molar-refractivity contribution in [3.8, 4) is 11.5 Å². The molecule has 0 saturated carbocycles. The molecule has 1 aromatic rings. The van der Waals surface area contributed by atoms with Gasteiger partial charge < -0.3 is 9.84 Å². The average Bonchev–Trinajstić information content (AvgIpc) is 2.19. The van der Waals surface area contributed by atoms with Gasteiger partial charge in [0.15, 0.2) is 11.5 Å². The summed E-state index contributed by atoms with van der Waals surface area (Å²) >= 11 is 0. The molecule has 0 unspecified atom stereocenters. The Balaban J connectivity index is 2.75. The second-order valence-corrected chi connectivity index (χ2v) is 3.43. The lowest BCUT2D eigenvalue weighted by molar-refractivity contribution is 0.280. The molecule has 0 aliphatic heterocycles. The zero-order valence-corrected chi connectivity index (χ0v) is 9.45. The lowest BCUT2D eigenvalue weighted by Crippen LogP contribution is -2.29. The molecule has 0 spiro atoms. The third kappa shape index (κ3) is 3.42. The van der Waals surface area contributed by atoms with Crippen LogP contribution in [0.1, 0.15) is 12.5 Å². The molecule has 1 rings (SSSR count). The quantitative estimate of drug-likeness (QED) is 0.720. The molecule has 0 aliphatic rings. The summed E-state index contributed by atoms with van der Waals surface area (Å²) in [5, 5.41) is 11.7. The van der Waals surface area contributed by atoms with Gasteiger partial charge in [-0.1, -0.05) is 12.1 Å². The van der Waals surface area contributed by atoms with Gasteiger partial charge in [-0.25, -0.2) is 0 Å². The van der Waals surface area contributed by atoms with E-state index in [4.69, 9.17) is 4.74 Å². The first kappa shape index (κ1) is 11.8. The van der Waals surface area contributed by atoms with Crippen molar-refractivity contribution in [3.05, 3.63) is 23.8 Å². The molecule has 84 valence electrons. The number of benzene rings is 1. The van der Waals surface area contributed by atoms with Gasteiger partial charge in [0.2, 0.25) is 0 Å². The fourth-order valence-corrected chi connectivity index (χ4v) is 1.23. The van der Waals surface area contributed by atoms with Crippen LogP contribution in [0.3, 0.4) is 0 Å². The number of para-hydroxylation sites is 1. The Kier molecular flexibility index (Phi) is 4.39. The molecule has 0 fully saturated rings. The van der Waals surface area contributed by atoms with E-state index in [1.807, 2.05) is 38.2 Å². The van der Waals surface area contributed by atoms with Crippen molar-refractivity contribution < 1.29 is 9.84 Å². The van der Waals surface area contributed by atoms with E-state index in [2.05, 4.69) is 5.43 Å². The molecule has 0 atom stereocenters. The number of nitrogens with zero attached hydrogens (tertiary/aromatic N) is 1. The normalized spacial score (nSPS) is 10.7. The Morgan fingerprint density at radius 2 is 2.13 bits per heavy atom. The number of phenolic OH excluding ortho intramolecular Hbond substituents is 1. The largest absolute Gasteiger partial charge is 0.504 e. The summed E-state index contributed by atoms with van der Waals surface area (Å²) in [5.74, 6) is 0.754. The van der Waals surface area contributed by atoms with Gasteiger partial charge in [0.05, 0.1) is 6.61 Å². The molecular weight excluding hydrogens is 192 g/mol. The number of hydrazine groups is 1. The predicted molar refractivity (Wildman–Crippen MR) is 59.8 cm³/mol. The summed E-state index contributed by atoms with van der Waals surface area (Å²) < 4.78 is 5.29. The summed E-state index contributed by atoms with van der Waals surface area (Å²) in [6.45, 7) is 3.03. The Morgan fingerprint density at radius 1 is 1.40 bits per heavy atom. The van der Waals surface area contributed by atoms with Crippen LogP contribution in [0.5, 0.6) is 11.5 Å². The minimum Gasteiger partial charge on any atom is -0.504 e. The first-order chi connectivity index (χ1) is 7.15. The summed E-state index contributed by atoms with van der Waals surface area (Å²) in [6, 6.07) is 5.50. The maximum Gasteiger partial charge on any atom is 0.162 e. The predicted octanol–water partition coefficient (Wildman–Crippen LogP) is 1.36. The molecule has 1 aromatic carbocycles. The molecule has 0 saturated heterocycles. The minimum absolute atomic E-state index is 0.216. The summed E-state index contributed by atoms with van der Waals surface area (Å²) in [4.78, 5) is 0. The van der Waals surface area contributed by atoms with Gasteiger partial charge in [-0.2, -0.15) is 0 Å². The Morgan fingerprint density at radius 3 is 2.73 bits per heavy atom. The standard InChI is InChI=1S/C11H18N2O2/c1-4-15-10-7-5-6-9(11(10)14)8-12-13(2)3/h5-7,12,14H,4,8H2,1-3H3. The molecule has 0 radical (unpaired) electrons. The first-order valence-electron chi connectivity index (χ1n) is 4.99. The number of ether oxygens (including phenoxy) is 1. The smallest absolute Gasteiger partial charge is 0.162 e. The van der Waals surface area contributed by atoms with Crippen molar-refractivity contribution in [2.45, 2.75) is 13.5 Å². The van der Waals surface area contributed by atoms with Gasteiger partial charge in [0.25, 0.3) is 0 Å². The van der Waals surface area contributed by atoms with E-state index in [-0.39, 0.29) is 5.75 Å². The van der Waals surface area contributed by atoms with Gasteiger partial charge in [0, 0.05) is 26.2 Å². The number of hydrogen-bond acceptors (Lipinski definition) is 4. The maximum atomic E-state index is 9.85. The van der Waals surface area contributed by atoms with Gasteiger partial charge in [0.1, 0.15) is 0 Å². The molecule has 2 N–H and O–H groups in total. The fourth-order valence-electron chi connectivity index (χ4n) is 1.23. The van der Waals surface area contributed by atoms with Gasteiger partial charge in [-0.05, 0) is 13.0 Å². The highest BCUT2D eigenvalue weighted by molar-refractivity contribution is 5.45. The number of hydrogen-bond donors (Lipinski definition) is 2. The third-order valence-corrected chi connectivity index (χ3v) is 1.97. The van der Waals surface area contributed by atoms with Crippen LogP contribution in [0.4, 0.5) is 0 Å². The molecule has 15 heavy (non-hydrogen) atoms. The summed E-state index contributed by atoms with van der Waals surface area (Å²) in [7, 11) is 3.81. The molecule has 4 nitrogen and oxygen atoms in total. The summed E-state index contributed by atoms with van der Waals surface area (Å²) in [5.41, 5.74) is 3.92. The van der Waals surface area contributed by atoms with Crippen LogP contribution in [0, 0.1) is 0 Å². The molecule has 0 heterocycles. The highest BCUT2D eigenvalue weighted by Gasteiger charge is 2.07. The van der Waals surface area contributed by atoms with Crippen molar-refractivity contribution in [2.75, 3.05) is 20.7 Å². The van der Waals surface area contributed by atoms with E-state index >= 15 is 0 Å². The van der Waals surface area contributed by atoms with Crippen molar-refractivity contribution >= 4 is 0 Å². The zero-order chi connectivity index (χ0) is 11.3. The summed E-state index contributed by atoms with van der Waals surface area (Å²) in [6.07, 6.45) is 0. The molecule has 0 aromatic heterocycles. The van der Waals surface area contributed by atoms with E-state index in [1.165, 1.54) is 0 Å². The highest BCUT2D eigenvalue weighted by atomic mass is 16.5. The highest BCUT2D eigenvalue weighted by Crippen LogP contribution is 2.29. The number of aromatic hydroxyl groups is 1. The SMILES string of the molecule is CCOc1cccc(CNN(C)C)c1O. The monoisotopic (exact) mass is 210 g/mol. The Bertz CT molecular complexity index is 313. The molecule has 0 aliphatic carbocycles. The number of rotatable bonds is 5. The van der Waals surface area contributed by atoms with Gasteiger partial charge in [-0.3, -0.25) is 10.4 Å². The van der Waals surface area contributed by atoms with Crippen molar-refractivity contribution in [1.29, 1.82) is 0 Å². The van der Waals surface area contributed by atoms with E-state index < -0.39 is 0 Å². The second-order valence-electron chi connectivity index (χ2n) is 3.43. The van der Waals surface area contributed by atoms with Crippen LogP contribution in [-0.2, 0) is 6.54 Å². The van der Waals surface area contributed by atoms with Gasteiger partial charge in [-0.15, -0.1) is 0 Å². The average molecular weight is 210 g/mol. The van der Waals surface area contributed by atoms with E-state index in [0.29, 0.717) is 18.9 Å². The van der Waals surface area contributed by atoms with Crippen molar-refractivity contribution in [3.63, 3.8) is 0 Å². The number of phenols is 1. The van der Waals surface area contributed by atoms with Crippen LogP contribution in [0.15, 0.2) is 18.2 Å². The number of nitrogens with one attached hydrogen (secondary N) is 1. The van der Waals surface area contributed by atoms with E-state index in [0.717, 1.165) is 5.56 Å². The van der Waals surface area contributed by atoms with Gasteiger partial charge >= 0.3 is 0 Å². The van der Waals surface area contributed by atoms with E-state index in [1.54, 1.807) is 6.07 Å². The van der Waals surface area contributed by atoms with Crippen molar-refractivity contribution in [1.82, 2.24) is 10.4 Å². The molecule has 4 heteroatoms. The molecular formula is C11H18N2O2. The topological polar surface area (TPSA) is 44.7 Å². The van der Waals surface area contributed by atoms with Crippen molar-refractivity contribution in [2.24, 2.45) is 0 Å². The molecule has 0 bridgehead atoms. The molecule has 0 amide bonds. The minimum atomic E-state index is 0.216. The Labute approximate surface area is 90.4 Å². The van der Waals surface area contributed by atoms with Crippen LogP contribution >= 0.6 is 0 Å². The van der Waals surface area contributed by atoms with Crippen LogP contribution in [-0.4, -0.2) is 30.8 Å².